The van der Waals surface area contributed by atoms with Crippen LogP contribution in [0.5, 0.6) is 0 Å². The molecule has 1 aliphatic carbocycles. The first kappa shape index (κ1) is 23.9. The Morgan fingerprint density at radius 2 is 2.00 bits per heavy atom. The second-order valence-corrected chi connectivity index (χ2v) is 11.6. The molecule has 0 saturated heterocycles. The van der Waals surface area contributed by atoms with Crippen molar-refractivity contribution in [3.63, 3.8) is 0 Å². The van der Waals surface area contributed by atoms with E-state index in [0.29, 0.717) is 23.1 Å². The molecule has 0 radical (unpaired) electrons. The van der Waals surface area contributed by atoms with Crippen LogP contribution in [-0.2, 0) is 5.54 Å². The summed E-state index contributed by atoms with van der Waals surface area (Å²) < 4.78 is 35.3. The minimum absolute atomic E-state index is 0.0404. The molecular weight excluding hydrogens is 515 g/mol. The summed E-state index contributed by atoms with van der Waals surface area (Å²) in [5, 5.41) is 34.9. The van der Waals surface area contributed by atoms with Crippen molar-refractivity contribution in [2.75, 3.05) is 17.2 Å². The molecule has 10 heteroatoms. The molecule has 5 rings (SSSR count). The Balaban J connectivity index is 1.73. The molecule has 0 aliphatic heterocycles. The van der Waals surface area contributed by atoms with E-state index in [9.17, 15) is 11.9 Å². The van der Waals surface area contributed by atoms with Gasteiger partial charge in [0.25, 0.3) is 0 Å². The van der Waals surface area contributed by atoms with Gasteiger partial charge in [0, 0.05) is 34.4 Å². The number of nitriles is 2. The monoisotopic (exact) mass is 544 g/mol. The SMILES string of the molecule is [2H]c1c([C@@]([2H])(Nc2cc(C#N)c3ncc(C#N)c(NCC(C)(C)C)c3c2)c2c(F)cccc2Cl)nnn1C1(C)CC1. The van der Waals surface area contributed by atoms with Gasteiger partial charge in [-0.1, -0.05) is 43.7 Å². The fourth-order valence-corrected chi connectivity index (χ4v) is 4.44. The normalized spacial score (nSPS) is 16.4. The maximum atomic E-state index is 15.4. The van der Waals surface area contributed by atoms with Gasteiger partial charge in [-0.25, -0.2) is 9.07 Å². The lowest BCUT2D eigenvalue weighted by atomic mass is 9.96. The zero-order valence-electron chi connectivity index (χ0n) is 24.0. The van der Waals surface area contributed by atoms with E-state index in [-0.39, 0.29) is 44.7 Å². The van der Waals surface area contributed by atoms with Gasteiger partial charge in [-0.05, 0) is 49.4 Å². The van der Waals surface area contributed by atoms with Gasteiger partial charge in [0.05, 0.1) is 36.8 Å². The Hall–Kier alpha value is -4.21. The molecule has 2 N–H and O–H groups in total. The van der Waals surface area contributed by atoms with E-state index in [1.165, 1.54) is 35.1 Å². The van der Waals surface area contributed by atoms with Crippen LogP contribution in [0, 0.1) is 33.9 Å². The summed E-state index contributed by atoms with van der Waals surface area (Å²) >= 11 is 6.47. The Morgan fingerprint density at radius 1 is 1.26 bits per heavy atom. The lowest BCUT2D eigenvalue weighted by Gasteiger charge is -2.23. The van der Waals surface area contributed by atoms with Crippen molar-refractivity contribution >= 4 is 33.9 Å². The molecule has 0 spiro atoms. The Kier molecular flexibility index (Phi) is 6.02. The summed E-state index contributed by atoms with van der Waals surface area (Å²) in [6, 6.07) is 9.28. The van der Waals surface area contributed by atoms with Crippen LogP contribution in [0.1, 0.15) is 71.7 Å². The number of anilines is 2. The summed E-state index contributed by atoms with van der Waals surface area (Å²) in [6.07, 6.45) is 2.87. The van der Waals surface area contributed by atoms with Crippen LogP contribution in [0.3, 0.4) is 0 Å². The van der Waals surface area contributed by atoms with E-state index in [2.05, 4.69) is 38.1 Å². The van der Waals surface area contributed by atoms with Crippen LogP contribution < -0.4 is 10.6 Å². The number of halogens is 2. The quantitative estimate of drug-likeness (QED) is 0.272. The summed E-state index contributed by atoms with van der Waals surface area (Å²) in [7, 11) is 0. The van der Waals surface area contributed by atoms with Crippen LogP contribution >= 0.6 is 11.6 Å². The maximum Gasteiger partial charge on any atom is 0.130 e. The second kappa shape index (κ2) is 9.83. The highest BCUT2D eigenvalue weighted by Gasteiger charge is 2.41. The van der Waals surface area contributed by atoms with Crippen LogP contribution in [-0.4, -0.2) is 26.5 Å². The number of nitrogens with one attached hydrogen (secondary N) is 2. The Labute approximate surface area is 234 Å². The van der Waals surface area contributed by atoms with Crippen LogP contribution in [0.2, 0.25) is 5.02 Å². The number of fused-ring (bicyclic) bond motifs is 1. The number of benzene rings is 2. The number of rotatable bonds is 7. The second-order valence-electron chi connectivity index (χ2n) is 11.2. The van der Waals surface area contributed by atoms with Crippen molar-refractivity contribution in [3.8, 4) is 12.1 Å². The predicted octanol–water partition coefficient (Wildman–Crippen LogP) is 6.53. The molecular formula is C29H28ClFN8. The van der Waals surface area contributed by atoms with Crippen LogP contribution in [0.25, 0.3) is 10.9 Å². The zero-order chi connectivity index (χ0) is 29.7. The van der Waals surface area contributed by atoms with E-state index in [1.54, 1.807) is 6.07 Å². The molecule has 39 heavy (non-hydrogen) atoms. The topological polar surface area (TPSA) is 115 Å². The molecule has 0 bridgehead atoms. The lowest BCUT2D eigenvalue weighted by Crippen LogP contribution is -2.20. The molecule has 2 aromatic carbocycles. The standard InChI is InChI=1S/C29H28ClFN8/c1-28(2,3)16-35-26-18(13-33)14-34-25-17(12-32)10-19(11-20(25)26)36-27(24-21(30)6-5-7-22(24)31)23-15-39(38-37-23)29(4)8-9-29/h5-7,10-11,14-15,27,36H,8-9,16H2,1-4H3,(H,34,35)/t27-/m1/s1/i15D,27D. The Bertz CT molecular complexity index is 1740. The molecule has 198 valence electrons. The predicted molar refractivity (Wildman–Crippen MR) is 149 cm³/mol. The summed E-state index contributed by atoms with van der Waals surface area (Å²) in [5.41, 5.74) is 0.646. The first-order valence-electron chi connectivity index (χ1n) is 13.5. The van der Waals surface area contributed by atoms with Gasteiger partial charge >= 0.3 is 0 Å². The molecule has 1 fully saturated rings. The van der Waals surface area contributed by atoms with Gasteiger partial charge in [0.2, 0.25) is 0 Å². The van der Waals surface area contributed by atoms with Gasteiger partial charge in [-0.2, -0.15) is 10.5 Å². The first-order chi connectivity index (χ1) is 19.3. The summed E-state index contributed by atoms with van der Waals surface area (Å²) in [6.45, 7) is 8.60. The van der Waals surface area contributed by atoms with Crippen LogP contribution in [0.4, 0.5) is 15.8 Å². The van der Waals surface area contributed by atoms with Crippen molar-refractivity contribution in [2.45, 2.75) is 52.1 Å². The average Bonchev–Trinajstić information content (AvgIpc) is 3.52. The molecule has 2 aromatic heterocycles. The van der Waals surface area contributed by atoms with Gasteiger partial charge in [0.15, 0.2) is 0 Å². The Morgan fingerprint density at radius 3 is 2.64 bits per heavy atom. The zero-order valence-corrected chi connectivity index (χ0v) is 22.8. The smallest absolute Gasteiger partial charge is 0.130 e. The highest BCUT2D eigenvalue weighted by atomic mass is 35.5. The number of hydrogen-bond acceptors (Lipinski definition) is 7. The first-order valence-corrected chi connectivity index (χ1v) is 12.9. The average molecular weight is 545 g/mol. The van der Waals surface area contributed by atoms with Gasteiger partial charge < -0.3 is 10.6 Å². The fourth-order valence-electron chi connectivity index (χ4n) is 4.19. The van der Waals surface area contributed by atoms with Crippen molar-refractivity contribution in [3.05, 3.63) is 75.9 Å². The van der Waals surface area contributed by atoms with E-state index in [4.69, 9.17) is 13.0 Å². The maximum absolute atomic E-state index is 15.4. The molecule has 0 amide bonds. The minimum Gasteiger partial charge on any atom is -0.383 e. The molecule has 4 aromatic rings. The summed E-state index contributed by atoms with van der Waals surface area (Å²) in [4.78, 5) is 4.36. The third-order valence-electron chi connectivity index (χ3n) is 6.66. The third-order valence-corrected chi connectivity index (χ3v) is 6.97. The van der Waals surface area contributed by atoms with Crippen molar-refractivity contribution in [2.24, 2.45) is 5.41 Å². The summed E-state index contributed by atoms with van der Waals surface area (Å²) in [5.74, 6) is -0.770. The number of hydrogen-bond donors (Lipinski definition) is 2. The molecule has 0 unspecified atom stereocenters. The van der Waals surface area contributed by atoms with Crippen LogP contribution in [0.15, 0.2) is 42.7 Å². The minimum atomic E-state index is -2.21. The van der Waals surface area contributed by atoms with E-state index < -0.39 is 17.4 Å². The van der Waals surface area contributed by atoms with E-state index >= 15 is 4.39 Å². The molecule has 8 nitrogen and oxygen atoms in total. The van der Waals surface area contributed by atoms with Crippen molar-refractivity contribution < 1.29 is 7.13 Å². The fraction of sp³-hybridized carbons (Fsp3) is 0.345. The molecule has 1 atom stereocenters. The van der Waals surface area contributed by atoms with Gasteiger partial charge in [-0.3, -0.25) is 4.98 Å². The third kappa shape index (κ3) is 5.23. The molecule has 2 heterocycles. The highest BCUT2D eigenvalue weighted by Crippen LogP contribution is 2.43. The molecule has 1 saturated carbocycles. The highest BCUT2D eigenvalue weighted by molar-refractivity contribution is 6.31. The largest absolute Gasteiger partial charge is 0.383 e. The number of nitrogens with zero attached hydrogens (tertiary/aromatic N) is 6. The van der Waals surface area contributed by atoms with Crippen molar-refractivity contribution in [1.29, 1.82) is 10.5 Å². The number of pyridine rings is 1. The van der Waals surface area contributed by atoms with Gasteiger partial charge in [-0.15, -0.1) is 5.10 Å². The van der Waals surface area contributed by atoms with Gasteiger partial charge in [0.1, 0.15) is 29.7 Å². The lowest BCUT2D eigenvalue weighted by molar-refractivity contribution is 0.443. The van der Waals surface area contributed by atoms with Crippen molar-refractivity contribution in [1.82, 2.24) is 20.0 Å². The molecule has 1 aliphatic rings. The number of aromatic nitrogens is 4. The van der Waals surface area contributed by atoms with E-state index in [0.717, 1.165) is 12.8 Å². The van der Waals surface area contributed by atoms with E-state index in [1.807, 2.05) is 27.7 Å².